The van der Waals surface area contributed by atoms with Gasteiger partial charge in [0.25, 0.3) is 5.91 Å². The Morgan fingerprint density at radius 1 is 1.50 bits per heavy atom. The van der Waals surface area contributed by atoms with Crippen LogP contribution in [0.5, 0.6) is 5.75 Å². The van der Waals surface area contributed by atoms with Gasteiger partial charge in [0, 0.05) is 0 Å². The SMILES string of the molecule is CC(Oc1ccccc1C=O)C(N)=O. The Bertz CT molecular complexity index is 349. The average molecular weight is 193 g/mol. The number of carbonyl (C=O) groups is 2. The van der Waals surface area contributed by atoms with E-state index in [2.05, 4.69) is 0 Å². The molecule has 0 saturated heterocycles. The minimum atomic E-state index is -0.740. The molecular formula is C10H11NO3. The number of rotatable bonds is 4. The number of nitrogens with two attached hydrogens (primary N) is 1. The van der Waals surface area contributed by atoms with Crippen LogP contribution in [-0.2, 0) is 4.79 Å². The fraction of sp³-hybridized carbons (Fsp3) is 0.200. The summed E-state index contributed by atoms with van der Waals surface area (Å²) in [5.41, 5.74) is 5.43. The van der Waals surface area contributed by atoms with Crippen LogP contribution in [0.3, 0.4) is 0 Å². The van der Waals surface area contributed by atoms with Crippen LogP contribution in [-0.4, -0.2) is 18.3 Å². The number of para-hydroxylation sites is 1. The van der Waals surface area contributed by atoms with Crippen molar-refractivity contribution in [2.24, 2.45) is 5.73 Å². The molecule has 0 aromatic heterocycles. The second-order valence-corrected chi connectivity index (χ2v) is 2.82. The van der Waals surface area contributed by atoms with E-state index in [-0.39, 0.29) is 0 Å². The molecule has 4 heteroatoms. The summed E-state index contributed by atoms with van der Waals surface area (Å²) in [7, 11) is 0. The van der Waals surface area contributed by atoms with Crippen LogP contribution in [0.2, 0.25) is 0 Å². The van der Waals surface area contributed by atoms with Crippen LogP contribution in [0.25, 0.3) is 0 Å². The largest absolute Gasteiger partial charge is 0.480 e. The molecule has 4 nitrogen and oxygen atoms in total. The molecule has 1 atom stereocenters. The van der Waals surface area contributed by atoms with Gasteiger partial charge in [-0.05, 0) is 19.1 Å². The summed E-state index contributed by atoms with van der Waals surface area (Å²) in [4.78, 5) is 21.3. The van der Waals surface area contributed by atoms with Gasteiger partial charge in [-0.3, -0.25) is 9.59 Å². The first kappa shape index (κ1) is 10.2. The van der Waals surface area contributed by atoms with Crippen LogP contribution >= 0.6 is 0 Å². The van der Waals surface area contributed by atoms with Crippen molar-refractivity contribution in [3.8, 4) is 5.75 Å². The maximum atomic E-state index is 10.7. The van der Waals surface area contributed by atoms with Crippen molar-refractivity contribution in [1.82, 2.24) is 0 Å². The lowest BCUT2D eigenvalue weighted by Crippen LogP contribution is -2.30. The highest BCUT2D eigenvalue weighted by molar-refractivity contribution is 5.81. The predicted octanol–water partition coefficient (Wildman–Crippen LogP) is 0.752. The van der Waals surface area contributed by atoms with E-state index in [0.717, 1.165) is 0 Å². The molecule has 1 amide bonds. The minimum absolute atomic E-state index is 0.369. The Hall–Kier alpha value is -1.84. The second-order valence-electron chi connectivity index (χ2n) is 2.82. The second kappa shape index (κ2) is 4.41. The zero-order valence-electron chi connectivity index (χ0n) is 7.77. The normalized spacial score (nSPS) is 11.8. The van der Waals surface area contributed by atoms with Crippen LogP contribution in [0.15, 0.2) is 24.3 Å². The van der Waals surface area contributed by atoms with Gasteiger partial charge in [0.1, 0.15) is 5.75 Å². The van der Waals surface area contributed by atoms with Gasteiger partial charge in [-0.25, -0.2) is 0 Å². The van der Waals surface area contributed by atoms with E-state index in [1.54, 1.807) is 24.3 Å². The third-order valence-corrected chi connectivity index (χ3v) is 1.75. The number of aldehydes is 1. The van der Waals surface area contributed by atoms with Gasteiger partial charge in [0.15, 0.2) is 12.4 Å². The molecule has 1 aromatic rings. The topological polar surface area (TPSA) is 69.4 Å². The van der Waals surface area contributed by atoms with Crippen molar-refractivity contribution in [2.45, 2.75) is 13.0 Å². The minimum Gasteiger partial charge on any atom is -0.480 e. The third-order valence-electron chi connectivity index (χ3n) is 1.75. The first-order valence-electron chi connectivity index (χ1n) is 4.15. The summed E-state index contributed by atoms with van der Waals surface area (Å²) in [5, 5.41) is 0. The molecule has 0 spiro atoms. The number of primary amides is 1. The summed E-state index contributed by atoms with van der Waals surface area (Å²) < 4.78 is 5.19. The van der Waals surface area contributed by atoms with E-state index >= 15 is 0 Å². The Labute approximate surface area is 81.7 Å². The lowest BCUT2D eigenvalue weighted by molar-refractivity contribution is -0.123. The van der Waals surface area contributed by atoms with Gasteiger partial charge in [-0.2, -0.15) is 0 Å². The van der Waals surface area contributed by atoms with Crippen molar-refractivity contribution >= 4 is 12.2 Å². The van der Waals surface area contributed by atoms with Crippen LogP contribution in [0, 0.1) is 0 Å². The van der Waals surface area contributed by atoms with E-state index in [0.29, 0.717) is 17.6 Å². The molecule has 0 aliphatic rings. The number of carbonyl (C=O) groups excluding carboxylic acids is 2. The molecule has 0 fully saturated rings. The average Bonchev–Trinajstić information content (AvgIpc) is 2.18. The van der Waals surface area contributed by atoms with Crippen molar-refractivity contribution in [3.05, 3.63) is 29.8 Å². The van der Waals surface area contributed by atoms with Crippen LogP contribution in [0.4, 0.5) is 0 Å². The van der Waals surface area contributed by atoms with Gasteiger partial charge in [-0.15, -0.1) is 0 Å². The molecule has 74 valence electrons. The number of benzene rings is 1. The van der Waals surface area contributed by atoms with Crippen molar-refractivity contribution in [1.29, 1.82) is 0 Å². The predicted molar refractivity (Wildman–Crippen MR) is 51.1 cm³/mol. The standard InChI is InChI=1S/C10H11NO3/c1-7(10(11)13)14-9-5-3-2-4-8(9)6-12/h2-7H,1H3,(H2,11,13). The smallest absolute Gasteiger partial charge is 0.258 e. The lowest BCUT2D eigenvalue weighted by Gasteiger charge is -2.12. The first-order chi connectivity index (χ1) is 6.65. The molecule has 0 aliphatic carbocycles. The number of hydrogen-bond donors (Lipinski definition) is 1. The molecule has 0 bridgehead atoms. The molecule has 0 aliphatic heterocycles. The van der Waals surface area contributed by atoms with Gasteiger partial charge in [-0.1, -0.05) is 12.1 Å². The molecular weight excluding hydrogens is 182 g/mol. The summed E-state index contributed by atoms with van der Waals surface area (Å²) in [6, 6.07) is 6.65. The van der Waals surface area contributed by atoms with Gasteiger partial charge in [0.05, 0.1) is 5.56 Å². The molecule has 1 rings (SSSR count). The fourth-order valence-electron chi connectivity index (χ4n) is 0.934. The van der Waals surface area contributed by atoms with Crippen molar-refractivity contribution in [3.63, 3.8) is 0 Å². The monoisotopic (exact) mass is 193 g/mol. The highest BCUT2D eigenvalue weighted by Crippen LogP contribution is 2.16. The number of ether oxygens (including phenoxy) is 1. The Balaban J connectivity index is 2.85. The van der Waals surface area contributed by atoms with Crippen LogP contribution < -0.4 is 10.5 Å². The third kappa shape index (κ3) is 2.32. The van der Waals surface area contributed by atoms with Crippen LogP contribution in [0.1, 0.15) is 17.3 Å². The maximum absolute atomic E-state index is 10.7. The quantitative estimate of drug-likeness (QED) is 0.717. The molecule has 0 heterocycles. The Morgan fingerprint density at radius 3 is 2.71 bits per heavy atom. The first-order valence-corrected chi connectivity index (χ1v) is 4.15. The zero-order chi connectivity index (χ0) is 10.6. The summed E-state index contributed by atoms with van der Waals surface area (Å²) in [5.74, 6) is -0.195. The van der Waals surface area contributed by atoms with E-state index in [4.69, 9.17) is 10.5 Å². The van der Waals surface area contributed by atoms with E-state index < -0.39 is 12.0 Å². The van der Waals surface area contributed by atoms with E-state index in [1.807, 2.05) is 0 Å². The number of amides is 1. The Morgan fingerprint density at radius 2 is 2.14 bits per heavy atom. The highest BCUT2D eigenvalue weighted by Gasteiger charge is 2.11. The van der Waals surface area contributed by atoms with Gasteiger partial charge < -0.3 is 10.5 Å². The maximum Gasteiger partial charge on any atom is 0.258 e. The van der Waals surface area contributed by atoms with Gasteiger partial charge >= 0.3 is 0 Å². The molecule has 0 saturated carbocycles. The fourth-order valence-corrected chi connectivity index (χ4v) is 0.934. The molecule has 0 radical (unpaired) electrons. The van der Waals surface area contributed by atoms with Crippen molar-refractivity contribution < 1.29 is 14.3 Å². The Kier molecular flexibility index (Phi) is 3.23. The number of hydrogen-bond acceptors (Lipinski definition) is 3. The van der Waals surface area contributed by atoms with E-state index in [1.165, 1.54) is 6.92 Å². The summed E-state index contributed by atoms with van der Waals surface area (Å²) in [6.07, 6.45) is -0.0700. The van der Waals surface area contributed by atoms with Crippen molar-refractivity contribution in [2.75, 3.05) is 0 Å². The highest BCUT2D eigenvalue weighted by atomic mass is 16.5. The summed E-state index contributed by atoms with van der Waals surface area (Å²) in [6.45, 7) is 1.53. The molecule has 14 heavy (non-hydrogen) atoms. The molecule has 1 unspecified atom stereocenters. The molecule has 2 N–H and O–H groups in total. The molecule has 1 aromatic carbocycles. The zero-order valence-corrected chi connectivity index (χ0v) is 7.77. The lowest BCUT2D eigenvalue weighted by atomic mass is 10.2. The van der Waals surface area contributed by atoms with E-state index in [9.17, 15) is 9.59 Å². The van der Waals surface area contributed by atoms with Gasteiger partial charge in [0.2, 0.25) is 0 Å². The summed E-state index contributed by atoms with van der Waals surface area (Å²) >= 11 is 0.